The summed E-state index contributed by atoms with van der Waals surface area (Å²) in [7, 11) is 0. The molecule has 6 aromatic carbocycles. The molecule has 9 rings (SSSR count). The average molecular weight is 578 g/mol. The summed E-state index contributed by atoms with van der Waals surface area (Å²) in [6.07, 6.45) is 2.11. The molecule has 0 spiro atoms. The Hall–Kier alpha value is -5.87. The summed E-state index contributed by atoms with van der Waals surface area (Å²) < 4.78 is 6.40. The molecule has 0 radical (unpaired) electrons. The number of fused-ring (bicyclic) bond motifs is 6. The van der Waals surface area contributed by atoms with Gasteiger partial charge in [-0.15, -0.1) is 0 Å². The number of aromatic nitrogens is 3. The minimum Gasteiger partial charge on any atom is -0.456 e. The maximum Gasteiger partial charge on any atom is 0.164 e. The van der Waals surface area contributed by atoms with E-state index in [4.69, 9.17) is 19.4 Å². The molecule has 2 aromatic heterocycles. The third kappa shape index (κ3) is 4.42. The van der Waals surface area contributed by atoms with E-state index in [0.29, 0.717) is 17.5 Å². The van der Waals surface area contributed by atoms with E-state index >= 15 is 0 Å². The minimum atomic E-state index is 0.629. The number of furan rings is 1. The van der Waals surface area contributed by atoms with Gasteiger partial charge in [-0.2, -0.15) is 0 Å². The molecule has 4 nitrogen and oxygen atoms in total. The van der Waals surface area contributed by atoms with Gasteiger partial charge in [0.15, 0.2) is 17.5 Å². The van der Waals surface area contributed by atoms with Crippen LogP contribution in [0.2, 0.25) is 0 Å². The van der Waals surface area contributed by atoms with Gasteiger partial charge in [0.05, 0.1) is 0 Å². The SMILES string of the molecule is c1ccc(-c2nc(-c3ccccc3)nc(-c3ccc4oc5cccc(-c6ccc7c(c6)CCc6ccccc6-7)c5c4c3)n2)cc1. The van der Waals surface area contributed by atoms with E-state index in [9.17, 15) is 0 Å². The number of nitrogens with zero attached hydrogens (tertiary/aromatic N) is 3. The van der Waals surface area contributed by atoms with Crippen LogP contribution in [0.25, 0.3) is 78.4 Å². The predicted octanol–water partition coefficient (Wildman–Crippen LogP) is 10.2. The van der Waals surface area contributed by atoms with E-state index in [-0.39, 0.29) is 0 Å². The second-order valence-corrected chi connectivity index (χ2v) is 11.6. The molecule has 2 heterocycles. The van der Waals surface area contributed by atoms with Gasteiger partial charge in [-0.1, -0.05) is 115 Å². The molecule has 212 valence electrons. The van der Waals surface area contributed by atoms with Crippen LogP contribution in [0.3, 0.4) is 0 Å². The van der Waals surface area contributed by atoms with E-state index in [1.165, 1.54) is 27.8 Å². The minimum absolute atomic E-state index is 0.629. The number of hydrogen-bond acceptors (Lipinski definition) is 4. The van der Waals surface area contributed by atoms with E-state index in [1.54, 1.807) is 0 Å². The lowest BCUT2D eigenvalue weighted by Gasteiger charge is -2.20. The normalized spacial score (nSPS) is 12.3. The standard InChI is InChI=1S/C41H27N3O/c1-3-11-27(12-4-1)39-42-40(28-13-5-2-6-14-28)44-41(43-39)31-21-23-36-35(25-31)38-34(16-9-17-37(38)45-36)30-20-22-33-29(24-30)19-18-26-10-7-8-15-32(26)33/h1-17,20-25H,18-19H2. The Morgan fingerprint density at radius 3 is 1.76 bits per heavy atom. The number of rotatable bonds is 4. The Morgan fingerprint density at radius 1 is 0.400 bits per heavy atom. The molecule has 0 aliphatic heterocycles. The Labute approximate surface area is 260 Å². The molecule has 0 fully saturated rings. The highest BCUT2D eigenvalue weighted by Crippen LogP contribution is 2.41. The van der Waals surface area contributed by atoms with Gasteiger partial charge >= 0.3 is 0 Å². The maximum absolute atomic E-state index is 6.40. The number of benzene rings is 6. The van der Waals surface area contributed by atoms with Crippen LogP contribution >= 0.6 is 0 Å². The third-order valence-corrected chi connectivity index (χ3v) is 8.84. The first-order valence-electron chi connectivity index (χ1n) is 15.3. The first kappa shape index (κ1) is 25.6. The molecule has 0 N–H and O–H groups in total. The van der Waals surface area contributed by atoms with E-state index in [2.05, 4.69) is 66.7 Å². The van der Waals surface area contributed by atoms with Crippen molar-refractivity contribution < 1.29 is 4.42 Å². The molecule has 0 saturated carbocycles. The largest absolute Gasteiger partial charge is 0.456 e. The summed E-state index contributed by atoms with van der Waals surface area (Å²) in [4.78, 5) is 14.8. The summed E-state index contributed by atoms with van der Waals surface area (Å²) in [5.41, 5.74) is 12.4. The van der Waals surface area contributed by atoms with Gasteiger partial charge in [-0.05, 0) is 70.5 Å². The van der Waals surface area contributed by atoms with Gasteiger partial charge in [0.25, 0.3) is 0 Å². The van der Waals surface area contributed by atoms with Gasteiger partial charge in [0.1, 0.15) is 11.2 Å². The van der Waals surface area contributed by atoms with Crippen LogP contribution in [0.4, 0.5) is 0 Å². The quantitative estimate of drug-likeness (QED) is 0.209. The zero-order valence-electron chi connectivity index (χ0n) is 24.4. The van der Waals surface area contributed by atoms with Crippen molar-refractivity contribution in [3.63, 3.8) is 0 Å². The van der Waals surface area contributed by atoms with Gasteiger partial charge in [-0.25, -0.2) is 15.0 Å². The van der Waals surface area contributed by atoms with Crippen LogP contribution in [0.15, 0.2) is 144 Å². The van der Waals surface area contributed by atoms with Crippen molar-refractivity contribution in [2.24, 2.45) is 0 Å². The number of hydrogen-bond donors (Lipinski definition) is 0. The maximum atomic E-state index is 6.40. The Morgan fingerprint density at radius 2 is 1.00 bits per heavy atom. The highest BCUT2D eigenvalue weighted by Gasteiger charge is 2.19. The fourth-order valence-electron chi connectivity index (χ4n) is 6.65. The zero-order valence-corrected chi connectivity index (χ0v) is 24.4. The molecule has 0 saturated heterocycles. The monoisotopic (exact) mass is 577 g/mol. The topological polar surface area (TPSA) is 51.8 Å². The van der Waals surface area contributed by atoms with Crippen molar-refractivity contribution in [3.8, 4) is 56.4 Å². The van der Waals surface area contributed by atoms with Crippen LogP contribution in [0, 0.1) is 0 Å². The lowest BCUT2D eigenvalue weighted by Crippen LogP contribution is -2.03. The summed E-state index contributed by atoms with van der Waals surface area (Å²) >= 11 is 0. The Kier molecular flexibility index (Phi) is 5.91. The first-order chi connectivity index (χ1) is 22.3. The third-order valence-electron chi connectivity index (χ3n) is 8.84. The fraction of sp³-hybridized carbons (Fsp3) is 0.0488. The van der Waals surface area contributed by atoms with Gasteiger partial charge in [0, 0.05) is 27.5 Å². The Balaban J connectivity index is 1.21. The summed E-state index contributed by atoms with van der Waals surface area (Å²) in [6.45, 7) is 0. The molecular weight excluding hydrogens is 550 g/mol. The number of aryl methyl sites for hydroxylation is 2. The predicted molar refractivity (Wildman–Crippen MR) is 182 cm³/mol. The molecule has 1 aliphatic rings. The second-order valence-electron chi connectivity index (χ2n) is 11.6. The Bertz CT molecular complexity index is 2320. The van der Waals surface area contributed by atoms with E-state index in [0.717, 1.165) is 57.0 Å². The van der Waals surface area contributed by atoms with Crippen molar-refractivity contribution in [2.45, 2.75) is 12.8 Å². The molecule has 1 aliphatic carbocycles. The summed E-state index contributed by atoms with van der Waals surface area (Å²) in [6, 6.07) is 48.4. The highest BCUT2D eigenvalue weighted by molar-refractivity contribution is 6.13. The van der Waals surface area contributed by atoms with Crippen LogP contribution in [0.1, 0.15) is 11.1 Å². The summed E-state index contributed by atoms with van der Waals surface area (Å²) in [5.74, 6) is 1.92. The van der Waals surface area contributed by atoms with Crippen LogP contribution in [0.5, 0.6) is 0 Å². The lowest BCUT2D eigenvalue weighted by molar-refractivity contribution is 0.669. The molecular formula is C41H27N3O. The van der Waals surface area contributed by atoms with E-state index in [1.807, 2.05) is 72.8 Å². The molecule has 0 bridgehead atoms. The van der Waals surface area contributed by atoms with Crippen molar-refractivity contribution in [1.82, 2.24) is 15.0 Å². The molecule has 0 unspecified atom stereocenters. The molecule has 4 heteroatoms. The van der Waals surface area contributed by atoms with Gasteiger partial charge in [-0.3, -0.25) is 0 Å². The highest BCUT2D eigenvalue weighted by atomic mass is 16.3. The first-order valence-corrected chi connectivity index (χ1v) is 15.3. The smallest absolute Gasteiger partial charge is 0.164 e. The summed E-state index contributed by atoms with van der Waals surface area (Å²) in [5, 5.41) is 2.15. The van der Waals surface area contributed by atoms with Gasteiger partial charge < -0.3 is 4.42 Å². The van der Waals surface area contributed by atoms with Gasteiger partial charge in [0.2, 0.25) is 0 Å². The second kappa shape index (κ2) is 10.4. The molecule has 45 heavy (non-hydrogen) atoms. The van der Waals surface area contributed by atoms with Crippen LogP contribution in [-0.4, -0.2) is 15.0 Å². The van der Waals surface area contributed by atoms with Crippen molar-refractivity contribution in [3.05, 3.63) is 151 Å². The van der Waals surface area contributed by atoms with Crippen LogP contribution in [-0.2, 0) is 12.8 Å². The van der Waals surface area contributed by atoms with Crippen LogP contribution < -0.4 is 0 Å². The zero-order chi connectivity index (χ0) is 29.7. The van der Waals surface area contributed by atoms with E-state index < -0.39 is 0 Å². The van der Waals surface area contributed by atoms with Crippen molar-refractivity contribution in [1.29, 1.82) is 0 Å². The average Bonchev–Trinajstić information content (AvgIpc) is 3.50. The fourth-order valence-corrected chi connectivity index (χ4v) is 6.65. The van der Waals surface area contributed by atoms with Crippen molar-refractivity contribution in [2.75, 3.05) is 0 Å². The van der Waals surface area contributed by atoms with Crippen molar-refractivity contribution >= 4 is 21.9 Å². The molecule has 8 aromatic rings. The molecule has 0 atom stereocenters. The lowest BCUT2D eigenvalue weighted by atomic mass is 9.84. The molecule has 0 amide bonds.